The topological polar surface area (TPSA) is 46.3 Å². The summed E-state index contributed by atoms with van der Waals surface area (Å²) in [6.45, 7) is 5.25. The lowest BCUT2D eigenvalue weighted by Gasteiger charge is -2.39. The quantitative estimate of drug-likeness (QED) is 0.905. The van der Waals surface area contributed by atoms with Crippen LogP contribution >= 0.6 is 0 Å². The molecule has 116 valence electrons. The van der Waals surface area contributed by atoms with Crippen LogP contribution in [-0.4, -0.2) is 29.9 Å². The molecular weight excluding hydrogens is 260 g/mol. The second-order valence-electron chi connectivity index (χ2n) is 6.57. The molecule has 1 aromatic rings. The maximum atomic E-state index is 13.1. The summed E-state index contributed by atoms with van der Waals surface area (Å²) < 4.78 is 0. The van der Waals surface area contributed by atoms with Gasteiger partial charge in [-0.25, -0.2) is 0 Å². The molecule has 0 bridgehead atoms. The Hall–Kier alpha value is -1.35. The number of rotatable bonds is 5. The molecule has 0 aromatic heterocycles. The summed E-state index contributed by atoms with van der Waals surface area (Å²) in [5, 5.41) is 0. The number of nitrogens with two attached hydrogens (primary N) is 1. The van der Waals surface area contributed by atoms with Crippen LogP contribution in [0, 0.1) is 0 Å². The fourth-order valence-electron chi connectivity index (χ4n) is 3.32. The molecule has 1 aromatic carbocycles. The van der Waals surface area contributed by atoms with E-state index >= 15 is 0 Å². The predicted octanol–water partition coefficient (Wildman–Crippen LogP) is 3.08. The van der Waals surface area contributed by atoms with Crippen LogP contribution in [0.2, 0.25) is 0 Å². The lowest BCUT2D eigenvalue weighted by atomic mass is 9.82. The minimum atomic E-state index is -0.492. The fraction of sp³-hybridized carbons (Fsp3) is 0.611. The zero-order valence-electron chi connectivity index (χ0n) is 13.3. The highest BCUT2D eigenvalue weighted by Crippen LogP contribution is 2.30. The van der Waals surface area contributed by atoms with Gasteiger partial charge in [0.1, 0.15) is 0 Å². The summed E-state index contributed by atoms with van der Waals surface area (Å²) in [6.07, 6.45) is 5.99. The minimum Gasteiger partial charge on any atom is -0.338 e. The van der Waals surface area contributed by atoms with Gasteiger partial charge in [-0.2, -0.15) is 0 Å². The molecule has 0 atom stereocenters. The molecule has 0 aliphatic heterocycles. The van der Waals surface area contributed by atoms with Gasteiger partial charge in [0.2, 0.25) is 5.91 Å². The Kier molecular flexibility index (Phi) is 5.40. The molecule has 3 nitrogen and oxygen atoms in total. The summed E-state index contributed by atoms with van der Waals surface area (Å²) in [7, 11) is 0. The molecule has 0 spiro atoms. The predicted molar refractivity (Wildman–Crippen MR) is 87.1 cm³/mol. The summed E-state index contributed by atoms with van der Waals surface area (Å²) in [5.41, 5.74) is 6.35. The van der Waals surface area contributed by atoms with Crippen molar-refractivity contribution in [1.82, 2.24) is 4.90 Å². The molecule has 3 heteroatoms. The highest BCUT2D eigenvalue weighted by molar-refractivity contribution is 5.87. The third-order valence-electron chi connectivity index (χ3n) is 4.68. The van der Waals surface area contributed by atoms with Gasteiger partial charge in [0.05, 0.1) is 5.41 Å². The molecule has 2 rings (SSSR count). The van der Waals surface area contributed by atoms with E-state index in [1.807, 2.05) is 49.1 Å². The summed E-state index contributed by atoms with van der Waals surface area (Å²) in [6, 6.07) is 10.4. The van der Waals surface area contributed by atoms with Gasteiger partial charge in [0.15, 0.2) is 0 Å². The van der Waals surface area contributed by atoms with E-state index in [-0.39, 0.29) is 5.91 Å². The monoisotopic (exact) mass is 288 g/mol. The third-order valence-corrected chi connectivity index (χ3v) is 4.68. The van der Waals surface area contributed by atoms with Crippen molar-refractivity contribution in [3.05, 3.63) is 35.9 Å². The average molecular weight is 288 g/mol. The van der Waals surface area contributed by atoms with E-state index < -0.39 is 5.41 Å². The van der Waals surface area contributed by atoms with Crippen molar-refractivity contribution >= 4 is 5.91 Å². The van der Waals surface area contributed by atoms with Crippen molar-refractivity contribution in [2.75, 3.05) is 13.1 Å². The molecule has 0 heterocycles. The van der Waals surface area contributed by atoms with Gasteiger partial charge in [0, 0.05) is 19.1 Å². The van der Waals surface area contributed by atoms with E-state index in [1.54, 1.807) is 0 Å². The maximum absolute atomic E-state index is 13.1. The molecule has 1 fully saturated rings. The molecule has 1 saturated carbocycles. The Labute approximate surface area is 128 Å². The van der Waals surface area contributed by atoms with Crippen LogP contribution in [0.4, 0.5) is 0 Å². The molecule has 0 radical (unpaired) electrons. The van der Waals surface area contributed by atoms with Gasteiger partial charge in [-0.05, 0) is 32.3 Å². The zero-order valence-corrected chi connectivity index (χ0v) is 13.3. The number of hydrogen-bond donors (Lipinski definition) is 1. The van der Waals surface area contributed by atoms with E-state index in [9.17, 15) is 4.79 Å². The number of hydrogen-bond acceptors (Lipinski definition) is 2. The van der Waals surface area contributed by atoms with Crippen molar-refractivity contribution in [2.45, 2.75) is 57.4 Å². The van der Waals surface area contributed by atoms with Crippen molar-refractivity contribution in [2.24, 2.45) is 5.73 Å². The first-order chi connectivity index (χ1) is 10.1. The SMILES string of the molecule is CC(C)(C(=O)N(CCN)C1CCCCC1)c1ccccc1. The van der Waals surface area contributed by atoms with Crippen molar-refractivity contribution in [3.63, 3.8) is 0 Å². The summed E-state index contributed by atoms with van der Waals surface area (Å²) >= 11 is 0. The molecule has 2 N–H and O–H groups in total. The van der Waals surface area contributed by atoms with E-state index in [4.69, 9.17) is 5.73 Å². The van der Waals surface area contributed by atoms with E-state index in [0.717, 1.165) is 18.4 Å². The maximum Gasteiger partial charge on any atom is 0.232 e. The largest absolute Gasteiger partial charge is 0.338 e. The first-order valence-corrected chi connectivity index (χ1v) is 8.14. The zero-order chi connectivity index (χ0) is 15.3. The Balaban J connectivity index is 2.20. The van der Waals surface area contributed by atoms with Crippen LogP contribution in [0.5, 0.6) is 0 Å². The highest BCUT2D eigenvalue weighted by Gasteiger charge is 2.36. The Bertz CT molecular complexity index is 450. The van der Waals surface area contributed by atoms with Crippen molar-refractivity contribution < 1.29 is 4.79 Å². The van der Waals surface area contributed by atoms with Crippen LogP contribution < -0.4 is 5.73 Å². The second kappa shape index (κ2) is 7.08. The summed E-state index contributed by atoms with van der Waals surface area (Å²) in [5.74, 6) is 0.214. The van der Waals surface area contributed by atoms with Crippen LogP contribution in [0.3, 0.4) is 0 Å². The van der Waals surface area contributed by atoms with Gasteiger partial charge in [-0.1, -0.05) is 49.6 Å². The fourth-order valence-corrected chi connectivity index (χ4v) is 3.32. The number of nitrogens with zero attached hydrogens (tertiary/aromatic N) is 1. The lowest BCUT2D eigenvalue weighted by molar-refractivity contribution is -0.139. The van der Waals surface area contributed by atoms with Gasteiger partial charge in [-0.15, -0.1) is 0 Å². The molecular formula is C18H28N2O. The van der Waals surface area contributed by atoms with Gasteiger partial charge < -0.3 is 10.6 Å². The number of carbonyl (C=O) groups excluding carboxylic acids is 1. The van der Waals surface area contributed by atoms with E-state index in [1.165, 1.54) is 19.3 Å². The highest BCUT2D eigenvalue weighted by atomic mass is 16.2. The third kappa shape index (κ3) is 3.65. The Morgan fingerprint density at radius 1 is 1.19 bits per heavy atom. The van der Waals surface area contributed by atoms with Crippen LogP contribution in [-0.2, 0) is 10.2 Å². The normalized spacial score (nSPS) is 16.7. The van der Waals surface area contributed by atoms with E-state index in [2.05, 4.69) is 0 Å². The molecule has 0 saturated heterocycles. The number of amides is 1. The lowest BCUT2D eigenvalue weighted by Crippen LogP contribution is -2.50. The smallest absolute Gasteiger partial charge is 0.232 e. The summed E-state index contributed by atoms with van der Waals surface area (Å²) in [4.78, 5) is 15.2. The molecule has 1 amide bonds. The van der Waals surface area contributed by atoms with Gasteiger partial charge in [-0.3, -0.25) is 4.79 Å². The second-order valence-corrected chi connectivity index (χ2v) is 6.57. The van der Waals surface area contributed by atoms with Crippen LogP contribution in [0.25, 0.3) is 0 Å². The molecule has 21 heavy (non-hydrogen) atoms. The Morgan fingerprint density at radius 3 is 2.38 bits per heavy atom. The molecule has 0 unspecified atom stereocenters. The van der Waals surface area contributed by atoms with Crippen LogP contribution in [0.1, 0.15) is 51.5 Å². The first-order valence-electron chi connectivity index (χ1n) is 8.14. The average Bonchev–Trinajstić information content (AvgIpc) is 2.53. The molecule has 1 aliphatic rings. The minimum absolute atomic E-state index is 0.214. The van der Waals surface area contributed by atoms with Crippen molar-refractivity contribution in [1.29, 1.82) is 0 Å². The van der Waals surface area contributed by atoms with Crippen molar-refractivity contribution in [3.8, 4) is 0 Å². The number of carbonyl (C=O) groups is 1. The first kappa shape index (κ1) is 16.0. The number of benzene rings is 1. The Morgan fingerprint density at radius 2 is 1.81 bits per heavy atom. The standard InChI is InChI=1S/C18H28N2O/c1-18(2,15-9-5-3-6-10-15)17(21)20(14-13-19)16-11-7-4-8-12-16/h3,5-6,9-10,16H,4,7-8,11-14,19H2,1-2H3. The van der Waals surface area contributed by atoms with Crippen LogP contribution in [0.15, 0.2) is 30.3 Å². The molecule has 1 aliphatic carbocycles. The van der Waals surface area contributed by atoms with Gasteiger partial charge >= 0.3 is 0 Å². The van der Waals surface area contributed by atoms with Gasteiger partial charge in [0.25, 0.3) is 0 Å². The van der Waals surface area contributed by atoms with E-state index in [0.29, 0.717) is 19.1 Å².